The van der Waals surface area contributed by atoms with E-state index in [1.807, 2.05) is 10.9 Å². The molecule has 4 heteroatoms. The zero-order valence-corrected chi connectivity index (χ0v) is 13.1. The lowest BCUT2D eigenvalue weighted by molar-refractivity contribution is -0.0730. The molecule has 1 atom stereocenters. The summed E-state index contributed by atoms with van der Waals surface area (Å²) in [5, 5.41) is 7.99. The molecular weight excluding hydrogens is 238 g/mol. The molecule has 1 unspecified atom stereocenters. The van der Waals surface area contributed by atoms with Crippen molar-refractivity contribution in [2.75, 3.05) is 13.2 Å². The normalized spacial score (nSPS) is 13.7. The molecule has 0 aromatic carbocycles. The lowest BCUT2D eigenvalue weighted by Gasteiger charge is -2.39. The lowest BCUT2D eigenvalue weighted by Crippen LogP contribution is -2.45. The SMILES string of the molecule is CCNC(c1cnn(CC)c1)C(CC)(CC)OCC. The van der Waals surface area contributed by atoms with E-state index in [2.05, 4.69) is 51.2 Å². The Morgan fingerprint density at radius 3 is 2.37 bits per heavy atom. The van der Waals surface area contributed by atoms with Gasteiger partial charge < -0.3 is 10.1 Å². The quantitative estimate of drug-likeness (QED) is 0.747. The molecule has 0 radical (unpaired) electrons. The number of aromatic nitrogens is 2. The van der Waals surface area contributed by atoms with E-state index in [0.29, 0.717) is 0 Å². The minimum Gasteiger partial charge on any atom is -0.373 e. The van der Waals surface area contributed by atoms with Crippen molar-refractivity contribution in [3.05, 3.63) is 18.0 Å². The standard InChI is InChI=1S/C15H29N3O/c1-6-15(7-2,19-10-5)14(16-8-3)13-11-17-18(9-4)12-13/h11-12,14,16H,6-10H2,1-5H3. The monoisotopic (exact) mass is 267 g/mol. The molecule has 1 heterocycles. The summed E-state index contributed by atoms with van der Waals surface area (Å²) < 4.78 is 8.11. The average molecular weight is 267 g/mol. The number of hydrogen-bond donors (Lipinski definition) is 1. The summed E-state index contributed by atoms with van der Waals surface area (Å²) in [6, 6.07) is 0.202. The summed E-state index contributed by atoms with van der Waals surface area (Å²) in [6.45, 7) is 13.3. The fraction of sp³-hybridized carbons (Fsp3) is 0.800. The van der Waals surface area contributed by atoms with Crippen LogP contribution in [0.5, 0.6) is 0 Å². The predicted octanol–water partition coefficient (Wildman–Crippen LogP) is 3.15. The highest BCUT2D eigenvalue weighted by atomic mass is 16.5. The summed E-state index contributed by atoms with van der Waals surface area (Å²) in [7, 11) is 0. The minimum absolute atomic E-state index is 0.146. The Morgan fingerprint density at radius 1 is 1.26 bits per heavy atom. The zero-order valence-electron chi connectivity index (χ0n) is 13.1. The highest BCUT2D eigenvalue weighted by molar-refractivity contribution is 5.16. The first-order chi connectivity index (χ1) is 9.17. The van der Waals surface area contributed by atoms with Crippen molar-refractivity contribution in [2.45, 2.75) is 65.6 Å². The molecule has 1 aromatic rings. The van der Waals surface area contributed by atoms with Gasteiger partial charge in [-0.2, -0.15) is 5.10 Å². The van der Waals surface area contributed by atoms with Crippen LogP contribution in [0.4, 0.5) is 0 Å². The molecule has 1 rings (SSSR count). The molecule has 0 aliphatic rings. The molecule has 1 N–H and O–H groups in total. The highest BCUT2D eigenvalue weighted by Gasteiger charge is 2.37. The van der Waals surface area contributed by atoms with Gasteiger partial charge in [0.15, 0.2) is 0 Å². The molecule has 19 heavy (non-hydrogen) atoms. The number of ether oxygens (including phenoxy) is 1. The first kappa shape index (κ1) is 16.2. The summed E-state index contributed by atoms with van der Waals surface area (Å²) >= 11 is 0. The number of nitrogens with zero attached hydrogens (tertiary/aromatic N) is 2. The van der Waals surface area contributed by atoms with Crippen molar-refractivity contribution in [3.63, 3.8) is 0 Å². The van der Waals surface area contributed by atoms with E-state index in [4.69, 9.17) is 4.74 Å². The number of rotatable bonds is 9. The van der Waals surface area contributed by atoms with Crippen LogP contribution in [0.2, 0.25) is 0 Å². The summed E-state index contributed by atoms with van der Waals surface area (Å²) in [5.41, 5.74) is 1.08. The van der Waals surface area contributed by atoms with E-state index in [-0.39, 0.29) is 11.6 Å². The fourth-order valence-electron chi connectivity index (χ4n) is 2.75. The van der Waals surface area contributed by atoms with Gasteiger partial charge in [-0.1, -0.05) is 20.8 Å². The smallest absolute Gasteiger partial charge is 0.0872 e. The Bertz CT molecular complexity index is 358. The summed E-state index contributed by atoms with van der Waals surface area (Å²) in [5.74, 6) is 0. The molecule has 4 nitrogen and oxygen atoms in total. The third-order valence-corrected chi connectivity index (χ3v) is 3.87. The van der Waals surface area contributed by atoms with E-state index in [1.54, 1.807) is 0 Å². The molecule has 0 fully saturated rings. The van der Waals surface area contributed by atoms with E-state index in [1.165, 1.54) is 5.56 Å². The van der Waals surface area contributed by atoms with Gasteiger partial charge in [-0.3, -0.25) is 4.68 Å². The number of likely N-dealkylation sites (N-methyl/N-ethyl adjacent to an activating group) is 1. The maximum absolute atomic E-state index is 6.14. The van der Waals surface area contributed by atoms with Crippen LogP contribution in [-0.4, -0.2) is 28.5 Å². The third-order valence-electron chi connectivity index (χ3n) is 3.87. The second kappa shape index (κ2) is 7.65. The second-order valence-electron chi connectivity index (χ2n) is 4.82. The van der Waals surface area contributed by atoms with Crippen LogP contribution in [0, 0.1) is 0 Å². The van der Waals surface area contributed by atoms with Crippen molar-refractivity contribution in [3.8, 4) is 0 Å². The predicted molar refractivity (Wildman–Crippen MR) is 79.3 cm³/mol. The van der Waals surface area contributed by atoms with Crippen LogP contribution in [0.25, 0.3) is 0 Å². The fourth-order valence-corrected chi connectivity index (χ4v) is 2.75. The molecule has 110 valence electrons. The first-order valence-corrected chi connectivity index (χ1v) is 7.56. The Kier molecular flexibility index (Phi) is 6.52. The van der Waals surface area contributed by atoms with Gasteiger partial charge >= 0.3 is 0 Å². The van der Waals surface area contributed by atoms with Gasteiger partial charge in [-0.25, -0.2) is 0 Å². The Morgan fingerprint density at radius 2 is 1.95 bits per heavy atom. The van der Waals surface area contributed by atoms with E-state index in [9.17, 15) is 0 Å². The maximum Gasteiger partial charge on any atom is 0.0872 e. The van der Waals surface area contributed by atoms with Gasteiger partial charge in [-0.15, -0.1) is 0 Å². The van der Waals surface area contributed by atoms with Gasteiger partial charge in [-0.05, 0) is 33.2 Å². The van der Waals surface area contributed by atoms with Crippen LogP contribution in [-0.2, 0) is 11.3 Å². The van der Waals surface area contributed by atoms with Gasteiger partial charge in [0.2, 0.25) is 0 Å². The van der Waals surface area contributed by atoms with E-state index < -0.39 is 0 Å². The number of hydrogen-bond acceptors (Lipinski definition) is 3. The maximum atomic E-state index is 6.14. The van der Waals surface area contributed by atoms with Crippen molar-refractivity contribution in [1.82, 2.24) is 15.1 Å². The molecule has 0 spiro atoms. The van der Waals surface area contributed by atoms with Crippen molar-refractivity contribution < 1.29 is 4.74 Å². The van der Waals surface area contributed by atoms with E-state index >= 15 is 0 Å². The molecule has 0 bridgehead atoms. The number of aryl methyl sites for hydroxylation is 1. The van der Waals surface area contributed by atoms with Crippen LogP contribution in [0.15, 0.2) is 12.4 Å². The second-order valence-corrected chi connectivity index (χ2v) is 4.82. The van der Waals surface area contributed by atoms with Crippen LogP contribution >= 0.6 is 0 Å². The Labute approximate surface area is 117 Å². The van der Waals surface area contributed by atoms with Crippen molar-refractivity contribution in [2.24, 2.45) is 0 Å². The van der Waals surface area contributed by atoms with Crippen molar-refractivity contribution in [1.29, 1.82) is 0 Å². The Balaban J connectivity index is 3.08. The largest absolute Gasteiger partial charge is 0.373 e. The minimum atomic E-state index is -0.146. The molecule has 0 amide bonds. The van der Waals surface area contributed by atoms with Gasteiger partial charge in [0.25, 0.3) is 0 Å². The molecule has 0 saturated heterocycles. The molecule has 1 aromatic heterocycles. The van der Waals surface area contributed by atoms with Crippen LogP contribution < -0.4 is 5.32 Å². The topological polar surface area (TPSA) is 39.1 Å². The zero-order chi connectivity index (χ0) is 14.3. The van der Waals surface area contributed by atoms with E-state index in [0.717, 1.165) is 32.5 Å². The van der Waals surface area contributed by atoms with Gasteiger partial charge in [0.05, 0.1) is 17.8 Å². The molecule has 0 aliphatic carbocycles. The average Bonchev–Trinajstić information content (AvgIpc) is 2.91. The third kappa shape index (κ3) is 3.57. The molecular formula is C15H29N3O. The van der Waals surface area contributed by atoms with Gasteiger partial charge in [0.1, 0.15) is 0 Å². The molecule has 0 saturated carbocycles. The lowest BCUT2D eigenvalue weighted by atomic mass is 9.84. The first-order valence-electron chi connectivity index (χ1n) is 7.56. The van der Waals surface area contributed by atoms with Crippen LogP contribution in [0.1, 0.15) is 59.1 Å². The van der Waals surface area contributed by atoms with Crippen LogP contribution in [0.3, 0.4) is 0 Å². The summed E-state index contributed by atoms with van der Waals surface area (Å²) in [6.07, 6.45) is 6.08. The number of nitrogens with one attached hydrogen (secondary N) is 1. The van der Waals surface area contributed by atoms with Crippen molar-refractivity contribution >= 4 is 0 Å². The Hall–Kier alpha value is -0.870. The molecule has 0 aliphatic heterocycles. The summed E-state index contributed by atoms with van der Waals surface area (Å²) in [4.78, 5) is 0. The highest BCUT2D eigenvalue weighted by Crippen LogP contribution is 2.35. The van der Waals surface area contributed by atoms with Gasteiger partial charge in [0, 0.05) is 24.9 Å².